The van der Waals surface area contributed by atoms with Crippen LogP contribution in [0.15, 0.2) is 12.4 Å². The van der Waals surface area contributed by atoms with E-state index in [2.05, 4.69) is 14.7 Å². The number of H-pyrrole nitrogens is 1. The summed E-state index contributed by atoms with van der Waals surface area (Å²) in [4.78, 5) is 21.2. The highest BCUT2D eigenvalue weighted by atomic mass is 32.2. The van der Waals surface area contributed by atoms with Crippen LogP contribution in [-0.4, -0.2) is 55.1 Å². The van der Waals surface area contributed by atoms with E-state index >= 15 is 0 Å². The van der Waals surface area contributed by atoms with Gasteiger partial charge in [-0.25, -0.2) is 18.1 Å². The van der Waals surface area contributed by atoms with Gasteiger partial charge in [0.15, 0.2) is 0 Å². The van der Waals surface area contributed by atoms with Gasteiger partial charge in [-0.05, 0) is 12.8 Å². The molecule has 1 amide bonds. The average molecular weight is 300 g/mol. The van der Waals surface area contributed by atoms with Crippen molar-refractivity contribution in [1.82, 2.24) is 19.6 Å². The van der Waals surface area contributed by atoms with Crippen molar-refractivity contribution < 1.29 is 13.2 Å². The fraction of sp³-hybridized carbons (Fsp3) is 0.667. The maximum Gasteiger partial charge on any atom is 0.223 e. The molecule has 0 spiro atoms. The van der Waals surface area contributed by atoms with Crippen LogP contribution in [-0.2, 0) is 14.8 Å². The lowest BCUT2D eigenvalue weighted by Gasteiger charge is -2.32. The Morgan fingerprint density at radius 2 is 2.40 bits per heavy atom. The number of piperidine rings is 1. The van der Waals surface area contributed by atoms with Crippen LogP contribution < -0.4 is 4.72 Å². The smallest absolute Gasteiger partial charge is 0.223 e. The molecule has 1 aromatic rings. The highest BCUT2D eigenvalue weighted by Crippen LogP contribution is 2.24. The summed E-state index contributed by atoms with van der Waals surface area (Å²) in [6.45, 7) is 1.53. The predicted octanol–water partition coefficient (Wildman–Crippen LogP) is 0.0550. The quantitative estimate of drug-likeness (QED) is 0.803. The molecule has 1 atom stereocenters. The molecule has 2 heterocycles. The maximum atomic E-state index is 12.1. The van der Waals surface area contributed by atoms with Gasteiger partial charge >= 0.3 is 0 Å². The topological polar surface area (TPSA) is 95.2 Å². The number of rotatable bonds is 5. The second kappa shape index (κ2) is 6.36. The zero-order valence-electron chi connectivity index (χ0n) is 11.5. The number of imidazole rings is 1. The Morgan fingerprint density at radius 3 is 3.05 bits per heavy atom. The first-order valence-electron chi connectivity index (χ1n) is 6.67. The van der Waals surface area contributed by atoms with Crippen molar-refractivity contribution in [2.75, 3.05) is 25.9 Å². The van der Waals surface area contributed by atoms with Crippen LogP contribution in [0.25, 0.3) is 0 Å². The number of nitrogens with one attached hydrogen (secondary N) is 2. The second-order valence-corrected chi connectivity index (χ2v) is 6.90. The maximum absolute atomic E-state index is 12.1. The molecule has 112 valence electrons. The van der Waals surface area contributed by atoms with Gasteiger partial charge in [0.25, 0.3) is 0 Å². The molecular weight excluding hydrogens is 280 g/mol. The predicted molar refractivity (Wildman–Crippen MR) is 74.6 cm³/mol. The highest BCUT2D eigenvalue weighted by Gasteiger charge is 2.25. The Kier molecular flexibility index (Phi) is 4.77. The highest BCUT2D eigenvalue weighted by molar-refractivity contribution is 7.88. The molecule has 1 saturated heterocycles. The van der Waals surface area contributed by atoms with Gasteiger partial charge in [0.2, 0.25) is 15.9 Å². The Morgan fingerprint density at radius 1 is 1.60 bits per heavy atom. The normalized spacial score (nSPS) is 20.1. The van der Waals surface area contributed by atoms with Crippen molar-refractivity contribution in [2.45, 2.75) is 25.2 Å². The lowest BCUT2D eigenvalue weighted by Crippen LogP contribution is -2.40. The number of nitrogens with zero attached hydrogens (tertiary/aromatic N) is 2. The van der Waals surface area contributed by atoms with Crippen molar-refractivity contribution in [3.05, 3.63) is 18.2 Å². The molecule has 1 fully saturated rings. The van der Waals surface area contributed by atoms with Gasteiger partial charge in [-0.2, -0.15) is 0 Å². The van der Waals surface area contributed by atoms with E-state index in [0.717, 1.165) is 31.5 Å². The first kappa shape index (κ1) is 15.0. The van der Waals surface area contributed by atoms with E-state index in [1.165, 1.54) is 0 Å². The van der Waals surface area contributed by atoms with Crippen LogP contribution in [0.5, 0.6) is 0 Å². The lowest BCUT2D eigenvalue weighted by atomic mass is 9.97. The van der Waals surface area contributed by atoms with Crippen molar-refractivity contribution in [3.8, 4) is 0 Å². The van der Waals surface area contributed by atoms with E-state index in [4.69, 9.17) is 0 Å². The summed E-state index contributed by atoms with van der Waals surface area (Å²) in [5.74, 6) is 1.14. The van der Waals surface area contributed by atoms with Gasteiger partial charge in [-0.15, -0.1) is 0 Å². The van der Waals surface area contributed by atoms with E-state index in [1.807, 2.05) is 0 Å². The molecule has 2 rings (SSSR count). The summed E-state index contributed by atoms with van der Waals surface area (Å²) in [5.41, 5.74) is 0. The molecule has 1 aromatic heterocycles. The summed E-state index contributed by atoms with van der Waals surface area (Å²) in [5, 5.41) is 0. The van der Waals surface area contributed by atoms with Gasteiger partial charge in [0.05, 0.1) is 6.26 Å². The summed E-state index contributed by atoms with van der Waals surface area (Å²) in [7, 11) is -3.23. The summed E-state index contributed by atoms with van der Waals surface area (Å²) >= 11 is 0. The Balaban J connectivity index is 1.84. The van der Waals surface area contributed by atoms with Crippen molar-refractivity contribution in [2.24, 2.45) is 0 Å². The van der Waals surface area contributed by atoms with Crippen LogP contribution in [0.2, 0.25) is 0 Å². The summed E-state index contributed by atoms with van der Waals surface area (Å²) in [6, 6.07) is 0. The van der Waals surface area contributed by atoms with Crippen molar-refractivity contribution in [1.29, 1.82) is 0 Å². The molecule has 8 heteroatoms. The minimum atomic E-state index is -3.23. The van der Waals surface area contributed by atoms with E-state index in [0.29, 0.717) is 6.54 Å². The van der Waals surface area contributed by atoms with Crippen LogP contribution in [0.1, 0.15) is 31.0 Å². The number of hydrogen-bond acceptors (Lipinski definition) is 4. The molecule has 0 aromatic carbocycles. The van der Waals surface area contributed by atoms with E-state index in [9.17, 15) is 13.2 Å². The molecule has 0 bridgehead atoms. The van der Waals surface area contributed by atoms with Gasteiger partial charge < -0.3 is 9.88 Å². The number of likely N-dealkylation sites (tertiary alicyclic amines) is 1. The monoisotopic (exact) mass is 300 g/mol. The Bertz CT molecular complexity index is 541. The molecule has 1 aliphatic rings. The zero-order valence-corrected chi connectivity index (χ0v) is 12.3. The fourth-order valence-corrected chi connectivity index (χ4v) is 2.90. The average Bonchev–Trinajstić information content (AvgIpc) is 2.91. The largest absolute Gasteiger partial charge is 0.348 e. The van der Waals surface area contributed by atoms with E-state index < -0.39 is 10.0 Å². The van der Waals surface area contributed by atoms with Crippen molar-refractivity contribution in [3.63, 3.8) is 0 Å². The minimum absolute atomic E-state index is 0.0163. The Hall–Kier alpha value is -1.41. The first-order chi connectivity index (χ1) is 9.46. The SMILES string of the molecule is CS(=O)(=O)NCCC(=O)N1CCC[C@H](c2ncc[nH]2)C1. The van der Waals surface area contributed by atoms with E-state index in [-0.39, 0.29) is 24.8 Å². The molecule has 0 aliphatic carbocycles. The summed E-state index contributed by atoms with van der Waals surface area (Å²) < 4.78 is 24.2. The first-order valence-corrected chi connectivity index (χ1v) is 8.56. The molecular formula is C12H20N4O3S. The number of aromatic amines is 1. The van der Waals surface area contributed by atoms with Crippen molar-refractivity contribution >= 4 is 15.9 Å². The second-order valence-electron chi connectivity index (χ2n) is 5.07. The van der Waals surface area contributed by atoms with E-state index in [1.54, 1.807) is 17.3 Å². The third-order valence-electron chi connectivity index (χ3n) is 3.38. The molecule has 20 heavy (non-hydrogen) atoms. The van der Waals surface area contributed by atoms with Crippen LogP contribution in [0.3, 0.4) is 0 Å². The zero-order chi connectivity index (χ0) is 14.6. The fourth-order valence-electron chi connectivity index (χ4n) is 2.43. The van der Waals surface area contributed by atoms with Gasteiger partial charge in [0.1, 0.15) is 5.82 Å². The molecule has 0 saturated carbocycles. The summed E-state index contributed by atoms with van der Waals surface area (Å²) in [6.07, 6.45) is 6.73. The van der Waals surface area contributed by atoms with Gasteiger partial charge in [-0.1, -0.05) is 0 Å². The number of amides is 1. The number of carbonyl (C=O) groups excluding carboxylic acids is 1. The van der Waals surface area contributed by atoms with Gasteiger partial charge in [0, 0.05) is 44.4 Å². The molecule has 2 N–H and O–H groups in total. The number of sulfonamides is 1. The van der Waals surface area contributed by atoms with Gasteiger partial charge in [-0.3, -0.25) is 4.79 Å². The Labute approximate surface area is 118 Å². The van der Waals surface area contributed by atoms with Crippen LogP contribution in [0, 0.1) is 0 Å². The third-order valence-corrected chi connectivity index (χ3v) is 4.11. The minimum Gasteiger partial charge on any atom is -0.348 e. The third kappa shape index (κ3) is 4.31. The standard InChI is InChI=1S/C12H20N4O3S/c1-20(18,19)15-5-4-11(17)16-8-2-3-10(9-16)12-13-6-7-14-12/h6-7,10,15H,2-5,8-9H2,1H3,(H,13,14)/t10-/m0/s1. The lowest BCUT2D eigenvalue weighted by molar-refractivity contribution is -0.132. The number of aromatic nitrogens is 2. The molecule has 7 nitrogen and oxygen atoms in total. The number of hydrogen-bond donors (Lipinski definition) is 2. The van der Waals surface area contributed by atoms with Crippen LogP contribution >= 0.6 is 0 Å². The number of carbonyl (C=O) groups is 1. The molecule has 0 unspecified atom stereocenters. The molecule has 0 radical (unpaired) electrons. The molecule has 1 aliphatic heterocycles. The van der Waals surface area contributed by atoms with Crippen LogP contribution in [0.4, 0.5) is 0 Å².